The second kappa shape index (κ2) is 96.7. The van der Waals surface area contributed by atoms with E-state index in [-0.39, 0.29) is 0 Å². The van der Waals surface area contributed by atoms with Crippen LogP contribution in [0.2, 0.25) is 0 Å². The highest BCUT2D eigenvalue weighted by atomic mass is 15.3. The van der Waals surface area contributed by atoms with Gasteiger partial charge < -0.3 is 0 Å². The maximum atomic E-state index is 3.78. The van der Waals surface area contributed by atoms with Gasteiger partial charge in [0.25, 0.3) is 0 Å². The molecule has 9 aromatic heterocycles. The smallest absolute Gasteiger partial charge is 0.138 e. The quantitative estimate of drug-likeness (QED) is 0.136. The Morgan fingerprint density at radius 3 is 0.389 bits per heavy atom. The van der Waals surface area contributed by atoms with Gasteiger partial charge in [-0.1, -0.05) is 193 Å². The largest absolute Gasteiger partial charge is 0.265 e. The zero-order chi connectivity index (χ0) is 70.4. The van der Waals surface area contributed by atoms with Crippen molar-refractivity contribution in [3.63, 3.8) is 0 Å². The summed E-state index contributed by atoms with van der Waals surface area (Å²) in [6, 6.07) is 14.6. The molecular weight excluding hydrogens is 1120 g/mol. The lowest BCUT2D eigenvalue weighted by Crippen LogP contribution is -1.78. The van der Waals surface area contributed by atoms with Crippen LogP contribution in [0.4, 0.5) is 0 Å². The minimum atomic E-state index is 0.833. The van der Waals surface area contributed by atoms with Crippen LogP contribution >= 0.6 is 0 Å². The minimum Gasteiger partial charge on any atom is -0.265 e. The summed E-state index contributed by atoms with van der Waals surface area (Å²) in [5.74, 6) is 7.50. The fourth-order valence-electron chi connectivity index (χ4n) is 2.10. The lowest BCUT2D eigenvalue weighted by molar-refractivity contribution is 0.736. The monoisotopic (exact) mass is 1250 g/mol. The molecule has 0 aliphatic rings. The van der Waals surface area contributed by atoms with Crippen LogP contribution in [-0.2, 0) is 0 Å². The van der Waals surface area contributed by atoms with Crippen LogP contribution < -0.4 is 0 Å². The van der Waals surface area contributed by atoms with Gasteiger partial charge in [-0.15, -0.1) is 30.6 Å². The van der Waals surface area contributed by atoms with Crippen molar-refractivity contribution in [3.05, 3.63) is 198 Å². The first-order chi connectivity index (χ1) is 42.6. The maximum Gasteiger partial charge on any atom is 0.138 e. The van der Waals surface area contributed by atoms with Crippen molar-refractivity contribution in [2.45, 2.75) is 187 Å². The van der Waals surface area contributed by atoms with E-state index in [1.54, 1.807) is 117 Å². The molecule has 90 heavy (non-hydrogen) atoms. The van der Waals surface area contributed by atoms with E-state index in [0.717, 1.165) is 53.3 Å². The molecule has 0 saturated heterocycles. The Balaban J connectivity index is -0.000000111. The minimum absolute atomic E-state index is 0.833. The van der Waals surface area contributed by atoms with Gasteiger partial charge in [0.1, 0.15) is 38.0 Å². The number of nitrogens with zero attached hydrogens (tertiary/aromatic N) is 22. The summed E-state index contributed by atoms with van der Waals surface area (Å²) in [6.45, 7) is 58.5. The van der Waals surface area contributed by atoms with E-state index in [2.05, 4.69) is 298 Å². The van der Waals surface area contributed by atoms with Crippen molar-refractivity contribution in [2.24, 2.45) is 53.3 Å². The average Bonchev–Trinajstić information content (AvgIpc) is 3.51. The van der Waals surface area contributed by atoms with Gasteiger partial charge in [0.15, 0.2) is 0 Å². The summed E-state index contributed by atoms with van der Waals surface area (Å²) >= 11 is 0. The molecule has 0 radical (unpaired) electrons. The molecule has 0 saturated carbocycles. The Labute approximate surface area is 547 Å². The molecule has 0 bridgehead atoms. The van der Waals surface area contributed by atoms with E-state index in [1.807, 2.05) is 30.3 Å². The Morgan fingerprint density at radius 2 is 0.311 bits per heavy atom. The molecule has 0 aromatic carbocycles. The van der Waals surface area contributed by atoms with E-state index >= 15 is 0 Å². The summed E-state index contributed by atoms with van der Waals surface area (Å²) in [5, 5.41) is 41.1. The van der Waals surface area contributed by atoms with E-state index in [1.165, 1.54) is 50.4 Å². The average molecular weight is 1250 g/mol. The third-order valence-electron chi connectivity index (χ3n) is 4.03. The number of rotatable bonds is 0. The topological polar surface area (TPSA) is 284 Å². The summed E-state index contributed by atoms with van der Waals surface area (Å²) in [5.41, 5.74) is 0. The van der Waals surface area contributed by atoms with Crippen LogP contribution in [0.25, 0.3) is 0 Å². The molecule has 9 heterocycles. The molecule has 22 nitrogen and oxygen atoms in total. The second-order valence-corrected chi connectivity index (χ2v) is 23.3. The normalized spacial score (nSPS) is 8.40. The van der Waals surface area contributed by atoms with Crippen molar-refractivity contribution in [1.29, 1.82) is 0 Å². The summed E-state index contributed by atoms with van der Waals surface area (Å²) < 4.78 is 0. The second-order valence-electron chi connectivity index (χ2n) is 23.3. The Hall–Kier alpha value is -8.56. The summed E-state index contributed by atoms with van der Waals surface area (Å²) in [6.07, 6.45) is 37.8. The Kier molecular flexibility index (Phi) is 108. The lowest BCUT2D eigenvalue weighted by atomic mass is 10.3. The fourth-order valence-corrected chi connectivity index (χ4v) is 2.10. The molecule has 22 heteroatoms. The molecule has 0 fully saturated rings. The highest BCUT2D eigenvalue weighted by Crippen LogP contribution is 1.85. The van der Waals surface area contributed by atoms with Crippen molar-refractivity contribution in [1.82, 2.24) is 111 Å². The van der Waals surface area contributed by atoms with Crippen molar-refractivity contribution in [2.75, 3.05) is 0 Å². The predicted octanol–water partition coefficient (Wildman–Crippen LogP) is 16.8. The molecule has 504 valence electrons. The van der Waals surface area contributed by atoms with E-state index in [0.29, 0.717) is 0 Å². The molecule has 9 aromatic rings. The van der Waals surface area contributed by atoms with Gasteiger partial charge in [0.2, 0.25) is 0 Å². The van der Waals surface area contributed by atoms with Gasteiger partial charge in [-0.25, -0.2) is 34.9 Å². The first kappa shape index (κ1) is 100. The van der Waals surface area contributed by atoms with Crippen molar-refractivity contribution >= 4 is 0 Å². The molecule has 0 aliphatic carbocycles. The van der Waals surface area contributed by atoms with Crippen molar-refractivity contribution < 1.29 is 0 Å². The van der Waals surface area contributed by atoms with Gasteiger partial charge in [0, 0.05) is 74.4 Å². The third kappa shape index (κ3) is 237. The van der Waals surface area contributed by atoms with Crippen LogP contribution in [0.3, 0.4) is 0 Å². The molecule has 0 amide bonds. The van der Waals surface area contributed by atoms with E-state index < -0.39 is 0 Å². The zero-order valence-electron chi connectivity index (χ0n) is 60.5. The zero-order valence-corrected chi connectivity index (χ0v) is 60.5. The van der Waals surface area contributed by atoms with Gasteiger partial charge in [0.05, 0.1) is 37.2 Å². The SMILES string of the molecule is CC(C)C.CC(C)C.CC(C)C.CC(C)C.CC(C)C.CC(C)C.CC(C)C.CC(C)C.CC(C)C.c1ccncc1.c1ccnnc1.c1cnccn1.c1cncnc1.c1cnncn1.c1cnncn1.c1cnnnc1.c1cnnnc1.c1ncncn1. The van der Waals surface area contributed by atoms with Gasteiger partial charge in [-0.05, 0) is 106 Å². The number of hydrogen-bond donors (Lipinski definition) is 0. The van der Waals surface area contributed by atoms with E-state index in [4.69, 9.17) is 0 Å². The Morgan fingerprint density at radius 1 is 0.133 bits per heavy atom. The van der Waals surface area contributed by atoms with Gasteiger partial charge >= 0.3 is 0 Å². The predicted molar refractivity (Wildman–Crippen MR) is 374 cm³/mol. The van der Waals surface area contributed by atoms with Gasteiger partial charge in [-0.3, -0.25) is 15.0 Å². The summed E-state index contributed by atoms with van der Waals surface area (Å²) in [7, 11) is 0. The maximum absolute atomic E-state index is 3.78. The molecule has 0 spiro atoms. The van der Waals surface area contributed by atoms with Crippen LogP contribution in [0.5, 0.6) is 0 Å². The standard InChI is InChI=1S/C5H5N.3C4H4N2.9C4H10.5C3H3N3/c1-2-4-6-5-3-1;1-2-6-4-3-5-1;1-2-5-4-6-3-1;1-2-4-6-5-3-1;9*1-4(2)3;1-4-2-6-3-5-1;2*1-2-5-6-3-4-1;2*1-2-4-6-5-3-1/h1-5H;3*1-4H;9*4H,1-3H3;5*1-3H. The molecular formula is C68H122N22. The molecule has 0 N–H and O–H groups in total. The summed E-state index contributed by atoms with van der Waals surface area (Å²) in [4.78, 5) is 36.5. The first-order valence-electron chi connectivity index (χ1n) is 30.4. The van der Waals surface area contributed by atoms with Crippen LogP contribution in [-0.4, -0.2) is 111 Å². The lowest BCUT2D eigenvalue weighted by Gasteiger charge is -1.79. The molecule has 0 atom stereocenters. The molecule has 0 aliphatic heterocycles. The number of pyridine rings is 1. The Bertz CT molecular complexity index is 1510. The van der Waals surface area contributed by atoms with Crippen LogP contribution in [0.1, 0.15) is 187 Å². The first-order valence-corrected chi connectivity index (χ1v) is 30.4. The highest BCUT2D eigenvalue weighted by Gasteiger charge is 1.73. The fraction of sp³-hybridized carbons (Fsp3) is 0.529. The van der Waals surface area contributed by atoms with Crippen molar-refractivity contribution in [3.8, 4) is 0 Å². The highest BCUT2D eigenvalue weighted by molar-refractivity contribution is 4.88. The third-order valence-corrected chi connectivity index (χ3v) is 4.03. The number of aromatic nitrogens is 22. The van der Waals surface area contributed by atoms with Crippen LogP contribution in [0, 0.1) is 53.3 Å². The van der Waals surface area contributed by atoms with Crippen LogP contribution in [0.15, 0.2) is 198 Å². The number of hydrogen-bond acceptors (Lipinski definition) is 22. The molecule has 9 rings (SSSR count). The van der Waals surface area contributed by atoms with Gasteiger partial charge in [-0.2, -0.15) is 20.4 Å². The molecule has 0 unspecified atom stereocenters. The van der Waals surface area contributed by atoms with E-state index in [9.17, 15) is 0 Å².